The average Bonchev–Trinajstić information content (AvgIpc) is 2.96. The van der Waals surface area contributed by atoms with Crippen molar-refractivity contribution in [1.29, 1.82) is 0 Å². The van der Waals surface area contributed by atoms with Crippen molar-refractivity contribution in [2.75, 3.05) is 7.11 Å². The summed E-state index contributed by atoms with van der Waals surface area (Å²) in [5.74, 6) is 0.603. The van der Waals surface area contributed by atoms with Crippen LogP contribution in [0.15, 0.2) is 35.3 Å². The minimum Gasteiger partial charge on any atom is -0.495 e. The number of carbonyl (C=O) groups excluding carboxylic acids is 1. The van der Waals surface area contributed by atoms with E-state index in [9.17, 15) is 4.79 Å². The molecule has 0 fully saturated rings. The lowest BCUT2D eigenvalue weighted by Crippen LogP contribution is -2.16. The molecule has 5 heteroatoms. The summed E-state index contributed by atoms with van der Waals surface area (Å²) in [5.41, 5.74) is 4.81. The number of carbonyl (C=O) groups is 1. The van der Waals surface area contributed by atoms with Gasteiger partial charge in [-0.15, -0.1) is 0 Å². The van der Waals surface area contributed by atoms with E-state index in [1.165, 1.54) is 11.3 Å². The number of hydrogen-bond donors (Lipinski definition) is 0. The molecule has 0 N–H and O–H groups in total. The van der Waals surface area contributed by atoms with Crippen molar-refractivity contribution in [2.45, 2.75) is 34.2 Å². The predicted octanol–water partition coefficient (Wildman–Crippen LogP) is 4.40. The third-order valence-corrected chi connectivity index (χ3v) is 5.56. The molecular weight excluding hydrogens is 332 g/mol. The first kappa shape index (κ1) is 17.4. The molecule has 0 spiro atoms. The van der Waals surface area contributed by atoms with Gasteiger partial charge in [0, 0.05) is 12.1 Å². The van der Waals surface area contributed by atoms with E-state index in [0.29, 0.717) is 10.4 Å². The summed E-state index contributed by atoms with van der Waals surface area (Å²) in [4.78, 5) is 17.9. The standard InChI is InChI=1S/C20H22N2O2S/c1-6-22-17-16(24-5)10-9-14(4)18(17)25-20(22)21-19(23)15-11-12(2)7-8-13(15)3/h7-11H,6H2,1-5H3. The van der Waals surface area contributed by atoms with Gasteiger partial charge in [0.2, 0.25) is 0 Å². The molecule has 1 heterocycles. The lowest BCUT2D eigenvalue weighted by Gasteiger charge is -2.07. The van der Waals surface area contributed by atoms with E-state index in [2.05, 4.69) is 23.4 Å². The molecular formula is C20H22N2O2S. The van der Waals surface area contributed by atoms with Gasteiger partial charge in [-0.25, -0.2) is 0 Å². The van der Waals surface area contributed by atoms with Gasteiger partial charge in [-0.05, 0) is 51.0 Å². The second-order valence-electron chi connectivity index (χ2n) is 6.13. The number of aryl methyl sites for hydroxylation is 4. The molecule has 0 atom stereocenters. The van der Waals surface area contributed by atoms with Crippen LogP contribution in [0.1, 0.15) is 34.0 Å². The van der Waals surface area contributed by atoms with Gasteiger partial charge >= 0.3 is 0 Å². The molecule has 3 aromatic rings. The fourth-order valence-corrected chi connectivity index (χ4v) is 4.11. The lowest BCUT2D eigenvalue weighted by molar-refractivity contribution is 0.0997. The van der Waals surface area contributed by atoms with Gasteiger partial charge in [0.1, 0.15) is 11.3 Å². The van der Waals surface area contributed by atoms with Gasteiger partial charge < -0.3 is 9.30 Å². The molecule has 0 saturated heterocycles. The molecule has 25 heavy (non-hydrogen) atoms. The molecule has 0 bridgehead atoms. The summed E-state index contributed by atoms with van der Waals surface area (Å²) in [6, 6.07) is 9.87. The zero-order valence-corrected chi connectivity index (χ0v) is 16.0. The number of fused-ring (bicyclic) bond motifs is 1. The Morgan fingerprint density at radius 1 is 1.16 bits per heavy atom. The summed E-state index contributed by atoms with van der Waals surface area (Å²) < 4.78 is 8.68. The highest BCUT2D eigenvalue weighted by Crippen LogP contribution is 2.30. The number of methoxy groups -OCH3 is 1. The zero-order chi connectivity index (χ0) is 18.1. The van der Waals surface area contributed by atoms with Gasteiger partial charge in [0.15, 0.2) is 4.80 Å². The van der Waals surface area contributed by atoms with E-state index in [-0.39, 0.29) is 5.91 Å². The molecule has 0 radical (unpaired) electrons. The number of hydrogen-bond acceptors (Lipinski definition) is 3. The normalized spacial score (nSPS) is 12.0. The third-order valence-electron chi connectivity index (χ3n) is 4.34. The molecule has 0 aliphatic heterocycles. The molecule has 2 aromatic carbocycles. The summed E-state index contributed by atoms with van der Waals surface area (Å²) in [6.45, 7) is 8.76. The van der Waals surface area contributed by atoms with Crippen LogP contribution in [0.2, 0.25) is 0 Å². The molecule has 1 aromatic heterocycles. The first-order valence-corrected chi connectivity index (χ1v) is 9.11. The summed E-state index contributed by atoms with van der Waals surface area (Å²) in [6.07, 6.45) is 0. The quantitative estimate of drug-likeness (QED) is 0.700. The zero-order valence-electron chi connectivity index (χ0n) is 15.2. The van der Waals surface area contributed by atoms with E-state index in [1.807, 2.05) is 44.2 Å². The van der Waals surface area contributed by atoms with Gasteiger partial charge in [0.05, 0.1) is 11.8 Å². The molecule has 4 nitrogen and oxygen atoms in total. The van der Waals surface area contributed by atoms with Crippen LogP contribution in [0.4, 0.5) is 0 Å². The minimum absolute atomic E-state index is 0.202. The maximum atomic E-state index is 12.8. The van der Waals surface area contributed by atoms with E-state index in [4.69, 9.17) is 4.74 Å². The molecule has 0 unspecified atom stereocenters. The van der Waals surface area contributed by atoms with Gasteiger partial charge in [0.25, 0.3) is 5.91 Å². The highest BCUT2D eigenvalue weighted by molar-refractivity contribution is 7.16. The van der Waals surface area contributed by atoms with Crippen molar-refractivity contribution in [1.82, 2.24) is 4.57 Å². The van der Waals surface area contributed by atoms with Crippen molar-refractivity contribution in [3.05, 3.63) is 57.4 Å². The van der Waals surface area contributed by atoms with Crippen LogP contribution >= 0.6 is 11.3 Å². The first-order chi connectivity index (χ1) is 12.0. The summed E-state index contributed by atoms with van der Waals surface area (Å²) in [7, 11) is 1.67. The first-order valence-electron chi connectivity index (χ1n) is 8.29. The van der Waals surface area contributed by atoms with E-state index >= 15 is 0 Å². The van der Waals surface area contributed by atoms with Crippen LogP contribution in [0.25, 0.3) is 10.2 Å². The van der Waals surface area contributed by atoms with Gasteiger partial charge in [-0.3, -0.25) is 4.79 Å². The molecule has 0 aliphatic carbocycles. The van der Waals surface area contributed by atoms with Crippen molar-refractivity contribution in [3.63, 3.8) is 0 Å². The SMILES string of the molecule is CCn1c(=NC(=O)c2cc(C)ccc2C)sc2c(C)ccc(OC)c21. The average molecular weight is 354 g/mol. The summed E-state index contributed by atoms with van der Waals surface area (Å²) in [5, 5.41) is 0. The second kappa shape index (κ2) is 6.84. The van der Waals surface area contributed by atoms with Gasteiger partial charge in [-0.2, -0.15) is 4.99 Å². The number of aromatic nitrogens is 1. The van der Waals surface area contributed by atoms with Crippen molar-refractivity contribution >= 4 is 27.5 Å². The molecule has 0 saturated carbocycles. The number of benzene rings is 2. The summed E-state index contributed by atoms with van der Waals surface area (Å²) >= 11 is 1.53. The Morgan fingerprint density at radius 3 is 2.56 bits per heavy atom. The third kappa shape index (κ3) is 3.12. The Labute approximate surface area is 151 Å². The van der Waals surface area contributed by atoms with Crippen LogP contribution in [0.5, 0.6) is 5.75 Å². The van der Waals surface area contributed by atoms with Gasteiger partial charge in [-0.1, -0.05) is 35.1 Å². The van der Waals surface area contributed by atoms with Crippen LogP contribution in [-0.2, 0) is 6.54 Å². The van der Waals surface area contributed by atoms with E-state index < -0.39 is 0 Å². The number of rotatable bonds is 3. The maximum absolute atomic E-state index is 12.8. The monoisotopic (exact) mass is 354 g/mol. The number of amides is 1. The predicted molar refractivity (Wildman–Crippen MR) is 103 cm³/mol. The Kier molecular flexibility index (Phi) is 4.77. The topological polar surface area (TPSA) is 43.6 Å². The highest BCUT2D eigenvalue weighted by Gasteiger charge is 2.14. The van der Waals surface area contributed by atoms with Crippen LogP contribution < -0.4 is 9.54 Å². The van der Waals surface area contributed by atoms with E-state index in [1.54, 1.807) is 7.11 Å². The van der Waals surface area contributed by atoms with Crippen LogP contribution in [0.3, 0.4) is 0 Å². The molecule has 1 amide bonds. The Hall–Kier alpha value is -2.40. The van der Waals surface area contributed by atoms with Crippen LogP contribution in [0, 0.1) is 20.8 Å². The van der Waals surface area contributed by atoms with Crippen molar-refractivity contribution in [3.8, 4) is 5.75 Å². The lowest BCUT2D eigenvalue weighted by atomic mass is 10.1. The number of nitrogens with zero attached hydrogens (tertiary/aromatic N) is 2. The van der Waals surface area contributed by atoms with E-state index in [0.717, 1.165) is 39.2 Å². The smallest absolute Gasteiger partial charge is 0.279 e. The molecule has 0 aliphatic rings. The van der Waals surface area contributed by atoms with Crippen molar-refractivity contribution in [2.24, 2.45) is 4.99 Å². The largest absolute Gasteiger partial charge is 0.495 e. The Bertz CT molecular complexity index is 1030. The maximum Gasteiger partial charge on any atom is 0.279 e. The fraction of sp³-hybridized carbons (Fsp3) is 0.300. The highest BCUT2D eigenvalue weighted by atomic mass is 32.1. The van der Waals surface area contributed by atoms with Crippen molar-refractivity contribution < 1.29 is 9.53 Å². The molecule has 3 rings (SSSR count). The minimum atomic E-state index is -0.202. The molecule has 130 valence electrons. The number of thiazole rings is 1. The Balaban J connectivity index is 2.24. The van der Waals surface area contributed by atoms with Crippen LogP contribution in [-0.4, -0.2) is 17.6 Å². The second-order valence-corrected chi connectivity index (χ2v) is 7.10. The number of ether oxygens (including phenoxy) is 1. The Morgan fingerprint density at radius 2 is 1.88 bits per heavy atom. The fourth-order valence-electron chi connectivity index (χ4n) is 2.94.